The number of carbonyl (C=O) groups excluding carboxylic acids is 1. The van der Waals surface area contributed by atoms with Crippen LogP contribution in [0.15, 0.2) is 24.3 Å². The molecular formula is C13H17ClN2OS. The summed E-state index contributed by atoms with van der Waals surface area (Å²) in [4.78, 5) is 15.9. The highest BCUT2D eigenvalue weighted by Gasteiger charge is 2.33. The van der Waals surface area contributed by atoms with Crippen molar-refractivity contribution in [1.29, 1.82) is 0 Å². The second-order valence-electron chi connectivity index (χ2n) is 4.58. The quantitative estimate of drug-likeness (QED) is 0.849. The average molecular weight is 285 g/mol. The zero-order valence-electron chi connectivity index (χ0n) is 10.6. The monoisotopic (exact) mass is 284 g/mol. The van der Waals surface area contributed by atoms with Gasteiger partial charge in [-0.3, -0.25) is 4.79 Å². The van der Waals surface area contributed by atoms with Crippen LogP contribution in [-0.4, -0.2) is 48.6 Å². The number of hydrogen-bond donors (Lipinski definition) is 0. The fourth-order valence-corrected chi connectivity index (χ4v) is 3.49. The predicted octanol–water partition coefficient (Wildman–Crippen LogP) is 2.48. The Balaban J connectivity index is 2.16. The highest BCUT2D eigenvalue weighted by molar-refractivity contribution is 8.00. The normalized spacial score (nSPS) is 19.9. The maximum absolute atomic E-state index is 11.9. The van der Waals surface area contributed by atoms with Gasteiger partial charge in [-0.2, -0.15) is 0 Å². The minimum absolute atomic E-state index is 0.0612. The van der Waals surface area contributed by atoms with Crippen molar-refractivity contribution >= 4 is 29.3 Å². The van der Waals surface area contributed by atoms with E-state index < -0.39 is 0 Å². The first-order chi connectivity index (χ1) is 8.59. The van der Waals surface area contributed by atoms with Crippen LogP contribution in [-0.2, 0) is 4.79 Å². The molecule has 0 N–H and O–H groups in total. The van der Waals surface area contributed by atoms with Gasteiger partial charge in [0.15, 0.2) is 0 Å². The van der Waals surface area contributed by atoms with Crippen LogP contribution < -0.4 is 0 Å². The van der Waals surface area contributed by atoms with Crippen LogP contribution in [0.1, 0.15) is 10.9 Å². The standard InChI is InChI=1S/C13H17ClN2OS/c1-15(2)7-8-16-12(17)9-18-13(16)10-5-3-4-6-11(10)14/h3-6,13H,7-9H2,1-2H3. The third kappa shape index (κ3) is 2.99. The fraction of sp³-hybridized carbons (Fsp3) is 0.462. The van der Waals surface area contributed by atoms with E-state index in [1.54, 1.807) is 11.8 Å². The van der Waals surface area contributed by atoms with Gasteiger partial charge < -0.3 is 9.80 Å². The molecule has 0 aromatic heterocycles. The lowest BCUT2D eigenvalue weighted by Crippen LogP contribution is -2.34. The van der Waals surface area contributed by atoms with Gasteiger partial charge in [0.05, 0.1) is 5.75 Å². The molecule has 1 saturated heterocycles. The van der Waals surface area contributed by atoms with Crippen molar-refractivity contribution in [3.63, 3.8) is 0 Å². The number of rotatable bonds is 4. The Hall–Kier alpha value is -0.710. The molecule has 3 nitrogen and oxygen atoms in total. The summed E-state index contributed by atoms with van der Waals surface area (Å²) in [5, 5.41) is 0.797. The molecule has 1 aromatic rings. The molecule has 1 aliphatic heterocycles. The molecule has 5 heteroatoms. The molecule has 1 unspecified atom stereocenters. The number of benzene rings is 1. The Morgan fingerprint density at radius 1 is 1.44 bits per heavy atom. The number of nitrogens with zero attached hydrogens (tertiary/aromatic N) is 2. The van der Waals surface area contributed by atoms with E-state index in [-0.39, 0.29) is 11.3 Å². The van der Waals surface area contributed by atoms with Crippen LogP contribution in [0.5, 0.6) is 0 Å². The van der Waals surface area contributed by atoms with Crippen molar-refractivity contribution in [3.8, 4) is 0 Å². The van der Waals surface area contributed by atoms with E-state index in [0.29, 0.717) is 5.75 Å². The minimum atomic E-state index is 0.0612. The topological polar surface area (TPSA) is 23.6 Å². The second kappa shape index (κ2) is 5.95. The van der Waals surface area contributed by atoms with E-state index >= 15 is 0 Å². The van der Waals surface area contributed by atoms with Crippen LogP contribution >= 0.6 is 23.4 Å². The molecule has 1 aromatic carbocycles. The molecule has 1 amide bonds. The third-order valence-electron chi connectivity index (χ3n) is 2.93. The molecule has 0 spiro atoms. The summed E-state index contributed by atoms with van der Waals surface area (Å²) in [6, 6.07) is 7.76. The predicted molar refractivity (Wildman–Crippen MR) is 76.9 cm³/mol. The highest BCUT2D eigenvalue weighted by Crippen LogP contribution is 2.40. The van der Waals surface area contributed by atoms with Crippen molar-refractivity contribution in [3.05, 3.63) is 34.9 Å². The SMILES string of the molecule is CN(C)CCN1C(=O)CSC1c1ccccc1Cl. The van der Waals surface area contributed by atoms with Crippen molar-refractivity contribution in [2.75, 3.05) is 32.9 Å². The van der Waals surface area contributed by atoms with Crippen LogP contribution in [0.4, 0.5) is 0 Å². The van der Waals surface area contributed by atoms with Gasteiger partial charge in [0, 0.05) is 23.7 Å². The molecule has 18 heavy (non-hydrogen) atoms. The number of carbonyl (C=O) groups is 1. The summed E-state index contributed by atoms with van der Waals surface area (Å²) in [6.07, 6.45) is 0. The molecule has 1 aliphatic rings. The molecule has 0 aliphatic carbocycles. The lowest BCUT2D eigenvalue weighted by Gasteiger charge is -2.26. The maximum Gasteiger partial charge on any atom is 0.233 e. The van der Waals surface area contributed by atoms with Crippen LogP contribution in [0, 0.1) is 0 Å². The van der Waals surface area contributed by atoms with E-state index in [9.17, 15) is 4.79 Å². The van der Waals surface area contributed by atoms with E-state index in [1.807, 2.05) is 43.3 Å². The van der Waals surface area contributed by atoms with Crippen molar-refractivity contribution in [1.82, 2.24) is 9.80 Å². The van der Waals surface area contributed by atoms with Crippen LogP contribution in [0.2, 0.25) is 5.02 Å². The summed E-state index contributed by atoms with van der Waals surface area (Å²) in [5.41, 5.74) is 1.04. The third-order valence-corrected chi connectivity index (χ3v) is 4.51. The Morgan fingerprint density at radius 2 is 2.17 bits per heavy atom. The van der Waals surface area contributed by atoms with Crippen molar-refractivity contribution in [2.24, 2.45) is 0 Å². The zero-order chi connectivity index (χ0) is 13.1. The molecule has 0 radical (unpaired) electrons. The number of halogens is 1. The summed E-state index contributed by atoms with van der Waals surface area (Å²) < 4.78 is 0. The van der Waals surface area contributed by atoms with Gasteiger partial charge in [-0.05, 0) is 20.2 Å². The fourth-order valence-electron chi connectivity index (χ4n) is 1.94. The van der Waals surface area contributed by atoms with E-state index in [1.165, 1.54) is 0 Å². The summed E-state index contributed by atoms with van der Waals surface area (Å²) in [5.74, 6) is 0.746. The summed E-state index contributed by atoms with van der Waals surface area (Å²) in [6.45, 7) is 1.61. The number of amides is 1. The molecule has 98 valence electrons. The highest BCUT2D eigenvalue weighted by atomic mass is 35.5. The first-order valence-corrected chi connectivity index (χ1v) is 7.32. The number of likely N-dealkylation sites (N-methyl/N-ethyl adjacent to an activating group) is 1. The summed E-state index contributed by atoms with van der Waals surface area (Å²) >= 11 is 7.87. The molecule has 2 rings (SSSR count). The van der Waals surface area contributed by atoms with Gasteiger partial charge in [-0.25, -0.2) is 0 Å². The maximum atomic E-state index is 11.9. The average Bonchev–Trinajstić information content (AvgIpc) is 2.68. The van der Waals surface area contributed by atoms with E-state index in [4.69, 9.17) is 11.6 Å². The molecule has 1 atom stereocenters. The van der Waals surface area contributed by atoms with Gasteiger partial charge in [0.2, 0.25) is 5.91 Å². The van der Waals surface area contributed by atoms with E-state index in [0.717, 1.165) is 23.7 Å². The lowest BCUT2D eigenvalue weighted by molar-refractivity contribution is -0.128. The van der Waals surface area contributed by atoms with Gasteiger partial charge in [-0.1, -0.05) is 29.8 Å². The lowest BCUT2D eigenvalue weighted by atomic mass is 10.2. The van der Waals surface area contributed by atoms with Crippen LogP contribution in [0.25, 0.3) is 0 Å². The van der Waals surface area contributed by atoms with Gasteiger partial charge >= 0.3 is 0 Å². The molecule has 0 saturated carbocycles. The summed E-state index contributed by atoms with van der Waals surface area (Å²) in [7, 11) is 4.02. The van der Waals surface area contributed by atoms with Crippen molar-refractivity contribution < 1.29 is 4.79 Å². The van der Waals surface area contributed by atoms with Crippen LogP contribution in [0.3, 0.4) is 0 Å². The Labute approximate surface area is 117 Å². The largest absolute Gasteiger partial charge is 0.324 e. The first kappa shape index (κ1) is 13.7. The second-order valence-corrected chi connectivity index (χ2v) is 6.05. The molecule has 1 heterocycles. The molecular weight excluding hydrogens is 268 g/mol. The van der Waals surface area contributed by atoms with Gasteiger partial charge in [0.1, 0.15) is 5.37 Å². The minimum Gasteiger partial charge on any atom is -0.324 e. The Kier molecular flexibility index (Phi) is 4.54. The van der Waals surface area contributed by atoms with Gasteiger partial charge in [-0.15, -0.1) is 11.8 Å². The Bertz CT molecular complexity index is 439. The smallest absolute Gasteiger partial charge is 0.233 e. The van der Waals surface area contributed by atoms with Crippen molar-refractivity contribution in [2.45, 2.75) is 5.37 Å². The molecule has 0 bridgehead atoms. The molecule has 1 fully saturated rings. The Morgan fingerprint density at radius 3 is 2.83 bits per heavy atom. The first-order valence-electron chi connectivity index (χ1n) is 5.90. The number of thioether (sulfide) groups is 1. The number of hydrogen-bond acceptors (Lipinski definition) is 3. The van der Waals surface area contributed by atoms with E-state index in [2.05, 4.69) is 4.90 Å². The van der Waals surface area contributed by atoms with Gasteiger partial charge in [0.25, 0.3) is 0 Å². The zero-order valence-corrected chi connectivity index (χ0v) is 12.2.